The maximum absolute atomic E-state index is 12.2. The largest absolute Gasteiger partial charge is 0.377 e. The van der Waals surface area contributed by atoms with E-state index in [1.165, 1.54) is 0 Å². The van der Waals surface area contributed by atoms with E-state index in [0.717, 1.165) is 6.42 Å². The van der Waals surface area contributed by atoms with Crippen LogP contribution in [0.4, 0.5) is 0 Å². The van der Waals surface area contributed by atoms with E-state index in [0.29, 0.717) is 19.8 Å². The highest BCUT2D eigenvalue weighted by Crippen LogP contribution is 2.20. The van der Waals surface area contributed by atoms with Crippen LogP contribution >= 0.6 is 0 Å². The molecule has 0 saturated carbocycles. The number of carbonyl (C=O) groups excluding carboxylic acids is 1. The molecule has 1 aliphatic rings. The number of nitrogens with one attached hydrogen (secondary N) is 1. The Morgan fingerprint density at radius 3 is 2.80 bits per heavy atom. The Morgan fingerprint density at radius 1 is 1.60 bits per heavy atom. The highest BCUT2D eigenvalue weighted by Gasteiger charge is 2.34. The molecule has 0 radical (unpaired) electrons. The highest BCUT2D eigenvalue weighted by atomic mass is 16.5. The van der Waals surface area contributed by atoms with E-state index in [1.54, 1.807) is 7.05 Å². The van der Waals surface area contributed by atoms with Gasteiger partial charge in [0.05, 0.1) is 13.2 Å². The van der Waals surface area contributed by atoms with Gasteiger partial charge in [0.25, 0.3) is 0 Å². The van der Waals surface area contributed by atoms with Gasteiger partial charge in [-0.1, -0.05) is 6.92 Å². The summed E-state index contributed by atoms with van der Waals surface area (Å²) in [5.41, 5.74) is -0.0834. The van der Waals surface area contributed by atoms with E-state index >= 15 is 0 Å². The van der Waals surface area contributed by atoms with Crippen LogP contribution in [0.1, 0.15) is 27.2 Å². The zero-order chi connectivity index (χ0) is 11.5. The monoisotopic (exact) mass is 214 g/mol. The number of amides is 1. The Hall–Kier alpha value is -0.610. The average Bonchev–Trinajstić information content (AvgIpc) is 2.40. The maximum atomic E-state index is 12.2. The summed E-state index contributed by atoms with van der Waals surface area (Å²) < 4.78 is 5.41. The minimum atomic E-state index is -0.196. The molecule has 0 aromatic heterocycles. The third kappa shape index (κ3) is 2.69. The summed E-state index contributed by atoms with van der Waals surface area (Å²) in [5, 5.41) is 3.00. The second kappa shape index (κ2) is 4.94. The lowest BCUT2D eigenvalue weighted by Crippen LogP contribution is -2.54. The molecule has 1 atom stereocenters. The van der Waals surface area contributed by atoms with Crippen molar-refractivity contribution >= 4 is 5.91 Å². The molecule has 1 saturated heterocycles. The van der Waals surface area contributed by atoms with E-state index < -0.39 is 0 Å². The Labute approximate surface area is 92.0 Å². The molecule has 1 fully saturated rings. The van der Waals surface area contributed by atoms with E-state index in [2.05, 4.69) is 26.1 Å². The molecule has 1 aliphatic heterocycles. The molecule has 15 heavy (non-hydrogen) atoms. The van der Waals surface area contributed by atoms with Gasteiger partial charge in [-0.2, -0.15) is 0 Å². The molecule has 0 spiro atoms. The highest BCUT2D eigenvalue weighted by molar-refractivity contribution is 5.83. The van der Waals surface area contributed by atoms with E-state index in [-0.39, 0.29) is 17.5 Å². The molecule has 0 bridgehead atoms. The zero-order valence-corrected chi connectivity index (χ0v) is 10.2. The number of carbonyl (C=O) groups is 1. The Morgan fingerprint density at radius 2 is 2.27 bits per heavy atom. The number of likely N-dealkylation sites (N-methyl/N-ethyl adjacent to an activating group) is 1. The molecule has 4 nitrogen and oxygen atoms in total. The van der Waals surface area contributed by atoms with Crippen LogP contribution in [0, 0.1) is 0 Å². The van der Waals surface area contributed by atoms with Crippen molar-refractivity contribution in [3.63, 3.8) is 0 Å². The molecule has 4 heteroatoms. The summed E-state index contributed by atoms with van der Waals surface area (Å²) in [4.78, 5) is 14.1. The Balaban J connectivity index is 2.82. The molecule has 0 aliphatic carbocycles. The Bertz CT molecular complexity index is 229. The van der Waals surface area contributed by atoms with Gasteiger partial charge < -0.3 is 15.0 Å². The summed E-state index contributed by atoms with van der Waals surface area (Å²) in [6.45, 7) is 8.11. The topological polar surface area (TPSA) is 41.6 Å². The van der Waals surface area contributed by atoms with Gasteiger partial charge in [0.2, 0.25) is 5.91 Å². The van der Waals surface area contributed by atoms with E-state index in [9.17, 15) is 4.79 Å². The maximum Gasteiger partial charge on any atom is 0.242 e. The van der Waals surface area contributed by atoms with Crippen LogP contribution in [0.15, 0.2) is 0 Å². The molecule has 1 unspecified atom stereocenters. The first kappa shape index (κ1) is 12.5. The predicted molar refractivity (Wildman–Crippen MR) is 59.7 cm³/mol. The lowest BCUT2D eigenvalue weighted by Gasteiger charge is -2.38. The fourth-order valence-corrected chi connectivity index (χ4v) is 1.73. The summed E-state index contributed by atoms with van der Waals surface area (Å²) in [6, 6.07) is -0.196. The minimum absolute atomic E-state index is 0.0834. The van der Waals surface area contributed by atoms with Crippen LogP contribution in [0.2, 0.25) is 0 Å². The summed E-state index contributed by atoms with van der Waals surface area (Å²) >= 11 is 0. The van der Waals surface area contributed by atoms with Crippen molar-refractivity contribution in [2.24, 2.45) is 0 Å². The molecule has 1 N–H and O–H groups in total. The quantitative estimate of drug-likeness (QED) is 0.749. The molecule has 1 amide bonds. The van der Waals surface area contributed by atoms with Crippen molar-refractivity contribution in [2.45, 2.75) is 38.8 Å². The average molecular weight is 214 g/mol. The fourth-order valence-electron chi connectivity index (χ4n) is 1.73. The van der Waals surface area contributed by atoms with Gasteiger partial charge in [-0.15, -0.1) is 0 Å². The lowest BCUT2D eigenvalue weighted by molar-refractivity contribution is -0.137. The van der Waals surface area contributed by atoms with Gasteiger partial charge in [0, 0.05) is 12.1 Å². The van der Waals surface area contributed by atoms with Crippen molar-refractivity contribution < 1.29 is 9.53 Å². The van der Waals surface area contributed by atoms with Crippen LogP contribution in [-0.4, -0.2) is 49.2 Å². The number of hydrogen-bond acceptors (Lipinski definition) is 3. The number of rotatable bonds is 3. The third-order valence-corrected chi connectivity index (χ3v) is 3.25. The van der Waals surface area contributed by atoms with Crippen molar-refractivity contribution in [3.05, 3.63) is 0 Å². The third-order valence-electron chi connectivity index (χ3n) is 3.25. The molecule has 88 valence electrons. The van der Waals surface area contributed by atoms with Gasteiger partial charge in [0.1, 0.15) is 6.04 Å². The van der Waals surface area contributed by atoms with E-state index in [4.69, 9.17) is 4.74 Å². The van der Waals surface area contributed by atoms with Crippen LogP contribution in [0.25, 0.3) is 0 Å². The summed E-state index contributed by atoms with van der Waals surface area (Å²) in [7, 11) is 1.80. The van der Waals surface area contributed by atoms with E-state index in [1.807, 2.05) is 4.90 Å². The normalized spacial score (nSPS) is 24.1. The predicted octanol–water partition coefficient (Wildman–Crippen LogP) is 0.622. The zero-order valence-electron chi connectivity index (χ0n) is 10.2. The van der Waals surface area contributed by atoms with Gasteiger partial charge in [-0.05, 0) is 27.3 Å². The van der Waals surface area contributed by atoms with Crippen molar-refractivity contribution in [1.82, 2.24) is 10.2 Å². The lowest BCUT2D eigenvalue weighted by atomic mass is 9.98. The smallest absolute Gasteiger partial charge is 0.242 e. The van der Waals surface area contributed by atoms with Gasteiger partial charge in [-0.3, -0.25) is 4.79 Å². The van der Waals surface area contributed by atoms with Crippen LogP contribution in [0.3, 0.4) is 0 Å². The van der Waals surface area contributed by atoms with Crippen LogP contribution in [0.5, 0.6) is 0 Å². The molecular weight excluding hydrogens is 192 g/mol. The first-order chi connectivity index (χ1) is 7.03. The first-order valence-electron chi connectivity index (χ1n) is 5.59. The first-order valence-corrected chi connectivity index (χ1v) is 5.59. The van der Waals surface area contributed by atoms with Crippen LogP contribution < -0.4 is 5.32 Å². The Kier molecular flexibility index (Phi) is 4.11. The number of nitrogens with zero attached hydrogens (tertiary/aromatic N) is 1. The molecule has 1 heterocycles. The van der Waals surface area contributed by atoms with Crippen molar-refractivity contribution in [1.29, 1.82) is 0 Å². The second-order valence-electron chi connectivity index (χ2n) is 4.57. The van der Waals surface area contributed by atoms with Gasteiger partial charge in [-0.25, -0.2) is 0 Å². The number of hydrogen-bond donors (Lipinski definition) is 1. The summed E-state index contributed by atoms with van der Waals surface area (Å²) in [5.74, 6) is 0.154. The molecular formula is C11H22N2O2. The van der Waals surface area contributed by atoms with Crippen LogP contribution in [-0.2, 0) is 9.53 Å². The molecule has 0 aromatic carbocycles. The molecule has 1 rings (SSSR count). The van der Waals surface area contributed by atoms with Gasteiger partial charge in [0.15, 0.2) is 0 Å². The molecule has 0 aromatic rings. The minimum Gasteiger partial charge on any atom is -0.377 e. The van der Waals surface area contributed by atoms with Crippen molar-refractivity contribution in [3.8, 4) is 0 Å². The number of ether oxygens (including phenoxy) is 1. The standard InChI is InChI=1S/C11H22N2O2/c1-5-11(2,3)13-6-7-15-8-9(12-4)10(13)14/h9,12H,5-8H2,1-4H3. The van der Waals surface area contributed by atoms with Crippen molar-refractivity contribution in [2.75, 3.05) is 26.8 Å². The summed E-state index contributed by atoms with van der Waals surface area (Å²) in [6.07, 6.45) is 0.954. The SMILES string of the molecule is CCC(C)(C)N1CCOCC(NC)C1=O. The fraction of sp³-hybridized carbons (Fsp3) is 0.909. The van der Waals surface area contributed by atoms with Gasteiger partial charge >= 0.3 is 0 Å². The second-order valence-corrected chi connectivity index (χ2v) is 4.57.